The number of benzene rings is 9. The molecule has 0 aliphatic carbocycles. The van der Waals surface area contributed by atoms with E-state index in [2.05, 4.69) is 185 Å². The fourth-order valence-corrected chi connectivity index (χ4v) is 9.50. The summed E-state index contributed by atoms with van der Waals surface area (Å²) in [6.45, 7) is 0. The Balaban J connectivity index is 1.04. The second-order valence-corrected chi connectivity index (χ2v) is 16.0. The molecule has 0 atom stereocenters. The molecule has 0 aliphatic heterocycles. The first-order chi connectivity index (χ1) is 31.2. The monoisotopic (exact) mass is 805 g/mol. The smallest absolute Gasteiger partial charge is 0.164 e. The Kier molecular flexibility index (Phi) is 7.80. The Hall–Kier alpha value is -8.61. The molecule has 0 N–H and O–H groups in total. The first-order valence-corrected chi connectivity index (χ1v) is 21.2. The number of furan rings is 1. The van der Waals surface area contributed by atoms with Gasteiger partial charge in [-0.15, -0.1) is 0 Å². The van der Waals surface area contributed by atoms with Crippen molar-refractivity contribution in [2.75, 3.05) is 0 Å². The topological polar surface area (TPSA) is 61.7 Å². The molecule has 0 spiro atoms. The minimum absolute atomic E-state index is 0.594. The van der Waals surface area contributed by atoms with E-state index in [0.717, 1.165) is 99.4 Å². The van der Waals surface area contributed by atoms with Crippen molar-refractivity contribution in [3.8, 4) is 56.7 Å². The maximum Gasteiger partial charge on any atom is 0.164 e. The lowest BCUT2D eigenvalue weighted by molar-refractivity contribution is 0.673. The van der Waals surface area contributed by atoms with Crippen molar-refractivity contribution in [3.63, 3.8) is 0 Å². The lowest BCUT2D eigenvalue weighted by Crippen LogP contribution is -2.01. The molecule has 63 heavy (non-hydrogen) atoms. The summed E-state index contributed by atoms with van der Waals surface area (Å²) in [5.41, 5.74) is 13.0. The summed E-state index contributed by atoms with van der Waals surface area (Å²) < 4.78 is 12.0. The third kappa shape index (κ3) is 5.55. The summed E-state index contributed by atoms with van der Waals surface area (Å²) in [5.74, 6) is 1.82. The van der Waals surface area contributed by atoms with Crippen LogP contribution in [0.5, 0.6) is 0 Å². The van der Waals surface area contributed by atoms with E-state index in [9.17, 15) is 0 Å². The lowest BCUT2D eigenvalue weighted by Gasteiger charge is -2.12. The Bertz CT molecular complexity index is 3900. The van der Waals surface area contributed by atoms with E-state index < -0.39 is 0 Å². The van der Waals surface area contributed by atoms with Crippen molar-refractivity contribution in [1.82, 2.24) is 24.1 Å². The molecule has 0 aliphatic rings. The average Bonchev–Trinajstić information content (AvgIpc) is 4.03. The first kappa shape index (κ1) is 35.2. The molecule has 13 aromatic rings. The van der Waals surface area contributed by atoms with Crippen molar-refractivity contribution >= 4 is 65.6 Å². The molecule has 4 heterocycles. The van der Waals surface area contributed by atoms with Crippen LogP contribution in [0.25, 0.3) is 122 Å². The van der Waals surface area contributed by atoms with Gasteiger partial charge in [-0.25, -0.2) is 15.0 Å². The van der Waals surface area contributed by atoms with Gasteiger partial charge in [0.25, 0.3) is 0 Å². The Morgan fingerprint density at radius 2 is 0.698 bits per heavy atom. The van der Waals surface area contributed by atoms with Gasteiger partial charge in [0.2, 0.25) is 0 Å². The molecule has 0 bridgehead atoms. The van der Waals surface area contributed by atoms with E-state index in [-0.39, 0.29) is 0 Å². The highest BCUT2D eigenvalue weighted by Crippen LogP contribution is 2.44. The summed E-state index contributed by atoms with van der Waals surface area (Å²) in [7, 11) is 0. The predicted octanol–water partition coefficient (Wildman–Crippen LogP) is 14.6. The number of rotatable bonds is 6. The molecule has 0 fully saturated rings. The van der Waals surface area contributed by atoms with E-state index in [0.29, 0.717) is 17.5 Å². The van der Waals surface area contributed by atoms with Crippen molar-refractivity contribution in [2.45, 2.75) is 0 Å². The highest BCUT2D eigenvalue weighted by molar-refractivity contribution is 6.26. The van der Waals surface area contributed by atoms with Gasteiger partial charge in [-0.2, -0.15) is 0 Å². The van der Waals surface area contributed by atoms with E-state index in [1.807, 2.05) is 36.4 Å². The highest BCUT2D eigenvalue weighted by atomic mass is 16.3. The quantitative estimate of drug-likeness (QED) is 0.168. The molecule has 0 amide bonds. The molecule has 0 saturated heterocycles. The Labute approximate surface area is 361 Å². The van der Waals surface area contributed by atoms with Crippen molar-refractivity contribution in [2.24, 2.45) is 0 Å². The normalized spacial score (nSPS) is 11.8. The van der Waals surface area contributed by atoms with Crippen LogP contribution in [0.2, 0.25) is 0 Å². The fraction of sp³-hybridized carbons (Fsp3) is 0. The van der Waals surface area contributed by atoms with Crippen LogP contribution in [-0.2, 0) is 0 Å². The van der Waals surface area contributed by atoms with Crippen molar-refractivity contribution in [1.29, 1.82) is 0 Å². The van der Waals surface area contributed by atoms with Crippen LogP contribution in [0.4, 0.5) is 0 Å². The Morgan fingerprint density at radius 1 is 0.286 bits per heavy atom. The number of hydrogen-bond acceptors (Lipinski definition) is 4. The molecule has 9 aromatic carbocycles. The Morgan fingerprint density at radius 3 is 1.30 bits per heavy atom. The van der Waals surface area contributed by atoms with Crippen LogP contribution in [0.15, 0.2) is 217 Å². The third-order valence-electron chi connectivity index (χ3n) is 12.3. The summed E-state index contributed by atoms with van der Waals surface area (Å²) in [4.78, 5) is 15.4. The maximum absolute atomic E-state index is 7.27. The molecule has 6 nitrogen and oxygen atoms in total. The average molecular weight is 806 g/mol. The number of fused-ring (bicyclic) bond motifs is 11. The molecule has 0 saturated carbocycles. The lowest BCUT2D eigenvalue weighted by atomic mass is 10.0. The van der Waals surface area contributed by atoms with Crippen LogP contribution in [0.3, 0.4) is 0 Å². The number of hydrogen-bond donors (Lipinski definition) is 0. The largest absolute Gasteiger partial charge is 0.452 e. The highest BCUT2D eigenvalue weighted by Gasteiger charge is 2.23. The van der Waals surface area contributed by atoms with E-state index in [1.54, 1.807) is 0 Å². The maximum atomic E-state index is 7.27. The van der Waals surface area contributed by atoms with Crippen molar-refractivity contribution in [3.05, 3.63) is 212 Å². The van der Waals surface area contributed by atoms with Gasteiger partial charge in [0.15, 0.2) is 28.6 Å². The first-order valence-electron chi connectivity index (χ1n) is 21.2. The van der Waals surface area contributed by atoms with Gasteiger partial charge in [0, 0.05) is 60.4 Å². The fourth-order valence-electron chi connectivity index (χ4n) is 9.50. The number of aromatic nitrogens is 5. The van der Waals surface area contributed by atoms with Gasteiger partial charge in [0.05, 0.1) is 22.1 Å². The van der Waals surface area contributed by atoms with Gasteiger partial charge in [-0.1, -0.05) is 158 Å². The molecule has 6 heteroatoms. The summed E-state index contributed by atoms with van der Waals surface area (Å²) >= 11 is 0. The van der Waals surface area contributed by atoms with Gasteiger partial charge >= 0.3 is 0 Å². The third-order valence-corrected chi connectivity index (χ3v) is 12.3. The van der Waals surface area contributed by atoms with Gasteiger partial charge < -0.3 is 13.6 Å². The molecule has 294 valence electrons. The van der Waals surface area contributed by atoms with Crippen LogP contribution in [0, 0.1) is 0 Å². The molecular formula is C57H35N5O. The van der Waals surface area contributed by atoms with Crippen LogP contribution >= 0.6 is 0 Å². The molecule has 0 unspecified atom stereocenters. The summed E-state index contributed by atoms with van der Waals surface area (Å²) in [6, 6.07) is 74.2. The SMILES string of the molecule is c1ccc(-c2cccc(-c3nc(-c4ccccc4)nc(-c4cccc(-n5c6ccccc6c6ccc7c8ccc9c%10ccccc%10n(-c%10ccccc%10)c9c8oc7c65)c4)n3)c2)cc1. The van der Waals surface area contributed by atoms with E-state index in [4.69, 9.17) is 19.4 Å². The zero-order valence-corrected chi connectivity index (χ0v) is 33.9. The predicted molar refractivity (Wildman–Crippen MR) is 258 cm³/mol. The second-order valence-electron chi connectivity index (χ2n) is 16.0. The number of nitrogens with zero attached hydrogens (tertiary/aromatic N) is 5. The zero-order valence-electron chi connectivity index (χ0n) is 33.9. The van der Waals surface area contributed by atoms with E-state index in [1.165, 1.54) is 5.39 Å². The second kappa shape index (κ2) is 14.0. The standard InChI is InChI=1S/C57H35N5O/c1-4-16-36(17-5-1)38-20-14-21-39(34-38)56-58-55(37-18-6-2-7-19-37)59-57(60-56)40-22-15-25-42(35-40)62-50-29-13-11-27-44(50)46-31-33-48-47-32-30-45-43-26-10-12-28-49(43)61(41-23-8-3-9-24-41)51(45)53(47)63-54(48)52(46)62/h1-35H. The summed E-state index contributed by atoms with van der Waals surface area (Å²) in [5, 5.41) is 6.76. The molecule has 13 rings (SSSR count). The van der Waals surface area contributed by atoms with Gasteiger partial charge in [-0.3, -0.25) is 0 Å². The van der Waals surface area contributed by atoms with Crippen LogP contribution in [0.1, 0.15) is 0 Å². The number of para-hydroxylation sites is 3. The van der Waals surface area contributed by atoms with Crippen LogP contribution in [-0.4, -0.2) is 24.1 Å². The molecule has 4 aromatic heterocycles. The van der Waals surface area contributed by atoms with Gasteiger partial charge in [0.1, 0.15) is 0 Å². The zero-order chi connectivity index (χ0) is 41.4. The van der Waals surface area contributed by atoms with Gasteiger partial charge in [-0.05, 0) is 65.7 Å². The van der Waals surface area contributed by atoms with Crippen molar-refractivity contribution < 1.29 is 4.42 Å². The molecular weight excluding hydrogens is 771 g/mol. The van der Waals surface area contributed by atoms with Crippen LogP contribution < -0.4 is 0 Å². The summed E-state index contributed by atoms with van der Waals surface area (Å²) in [6.07, 6.45) is 0. The minimum atomic E-state index is 0.594. The molecule has 0 radical (unpaired) electrons. The minimum Gasteiger partial charge on any atom is -0.452 e. The van der Waals surface area contributed by atoms with E-state index >= 15 is 0 Å².